The molecule has 1 heterocycles. The first-order chi connectivity index (χ1) is 10.9. The van der Waals surface area contributed by atoms with Gasteiger partial charge in [0, 0.05) is 32.2 Å². The zero-order chi connectivity index (χ0) is 15.5. The highest BCUT2D eigenvalue weighted by atomic mass is 127. The second kappa shape index (κ2) is 13.2. The molecule has 0 amide bonds. The van der Waals surface area contributed by atoms with Crippen LogP contribution in [0.2, 0.25) is 0 Å². The molecule has 0 atom stereocenters. The third-order valence-electron chi connectivity index (χ3n) is 4.55. The number of halogens is 1. The van der Waals surface area contributed by atoms with E-state index in [9.17, 15) is 0 Å². The molecule has 0 aromatic rings. The van der Waals surface area contributed by atoms with Gasteiger partial charge in [-0.2, -0.15) is 0 Å². The molecule has 1 aliphatic heterocycles. The van der Waals surface area contributed by atoms with Crippen molar-refractivity contribution in [2.45, 2.75) is 57.9 Å². The van der Waals surface area contributed by atoms with E-state index in [1.807, 2.05) is 0 Å². The van der Waals surface area contributed by atoms with Crippen LogP contribution in [0.5, 0.6) is 0 Å². The minimum Gasteiger partial charge on any atom is -0.379 e. The Hall–Kier alpha value is -0.0800. The molecule has 23 heavy (non-hydrogen) atoms. The predicted octanol–water partition coefficient (Wildman–Crippen LogP) is 2.60. The van der Waals surface area contributed by atoms with Gasteiger partial charge in [0.1, 0.15) is 0 Å². The Morgan fingerprint density at radius 1 is 1.13 bits per heavy atom. The number of hydrogen-bond acceptors (Lipinski definition) is 3. The summed E-state index contributed by atoms with van der Waals surface area (Å²) in [6.45, 7) is 9.16. The summed E-state index contributed by atoms with van der Waals surface area (Å²) in [5, 5.41) is 6.99. The summed E-state index contributed by atoms with van der Waals surface area (Å²) in [4.78, 5) is 7.24. The molecule has 2 fully saturated rings. The molecule has 5 nitrogen and oxygen atoms in total. The van der Waals surface area contributed by atoms with Crippen LogP contribution in [0, 0.1) is 0 Å². The van der Waals surface area contributed by atoms with Crippen molar-refractivity contribution in [3.63, 3.8) is 0 Å². The summed E-state index contributed by atoms with van der Waals surface area (Å²) in [5.41, 5.74) is 0. The Labute approximate surface area is 159 Å². The fraction of sp³-hybridized carbons (Fsp3) is 0.941. The second-order valence-corrected chi connectivity index (χ2v) is 6.40. The van der Waals surface area contributed by atoms with Gasteiger partial charge in [-0.15, -0.1) is 24.0 Å². The van der Waals surface area contributed by atoms with Crippen molar-refractivity contribution in [3.05, 3.63) is 0 Å². The van der Waals surface area contributed by atoms with Gasteiger partial charge < -0.3 is 15.4 Å². The van der Waals surface area contributed by atoms with Crippen molar-refractivity contribution in [3.8, 4) is 0 Å². The maximum absolute atomic E-state index is 5.38. The summed E-state index contributed by atoms with van der Waals surface area (Å²) in [5.74, 6) is 1.01. The maximum atomic E-state index is 5.38. The molecule has 1 saturated heterocycles. The molecule has 2 rings (SSSR count). The van der Waals surface area contributed by atoms with Gasteiger partial charge in [0.05, 0.1) is 13.2 Å². The van der Waals surface area contributed by atoms with Crippen molar-refractivity contribution in [1.29, 1.82) is 0 Å². The molecular weight excluding hydrogens is 403 g/mol. The molecular formula is C17H35IN4O. The van der Waals surface area contributed by atoms with Crippen molar-refractivity contribution in [2.75, 3.05) is 45.9 Å². The summed E-state index contributed by atoms with van der Waals surface area (Å²) in [6.07, 6.45) is 9.09. The third-order valence-corrected chi connectivity index (χ3v) is 4.55. The van der Waals surface area contributed by atoms with Crippen LogP contribution >= 0.6 is 24.0 Å². The number of morpholine rings is 1. The van der Waals surface area contributed by atoms with Crippen LogP contribution in [0.3, 0.4) is 0 Å². The number of rotatable bonds is 7. The monoisotopic (exact) mass is 438 g/mol. The highest BCUT2D eigenvalue weighted by Gasteiger charge is 2.14. The van der Waals surface area contributed by atoms with E-state index in [-0.39, 0.29) is 24.0 Å². The second-order valence-electron chi connectivity index (χ2n) is 6.40. The van der Waals surface area contributed by atoms with Crippen molar-refractivity contribution in [2.24, 2.45) is 4.99 Å². The van der Waals surface area contributed by atoms with Crippen LogP contribution in [0.4, 0.5) is 0 Å². The normalized spacial score (nSPS) is 20.8. The molecule has 1 aliphatic carbocycles. The Balaban J connectivity index is 0.00000264. The van der Waals surface area contributed by atoms with Crippen LogP contribution in [0.15, 0.2) is 4.99 Å². The quantitative estimate of drug-likeness (QED) is 0.278. The minimum atomic E-state index is 0. The van der Waals surface area contributed by atoms with E-state index in [1.165, 1.54) is 51.5 Å². The van der Waals surface area contributed by atoms with Crippen LogP contribution in [0.25, 0.3) is 0 Å². The number of unbranched alkanes of at least 4 members (excludes halogenated alkanes) is 1. The van der Waals surface area contributed by atoms with E-state index in [1.54, 1.807) is 0 Å². The van der Waals surface area contributed by atoms with Crippen LogP contribution in [0.1, 0.15) is 51.9 Å². The summed E-state index contributed by atoms with van der Waals surface area (Å²) >= 11 is 0. The van der Waals surface area contributed by atoms with Crippen molar-refractivity contribution >= 4 is 29.9 Å². The van der Waals surface area contributed by atoms with E-state index in [0.29, 0.717) is 6.04 Å². The van der Waals surface area contributed by atoms with Crippen molar-refractivity contribution in [1.82, 2.24) is 15.5 Å². The highest BCUT2D eigenvalue weighted by molar-refractivity contribution is 14.0. The van der Waals surface area contributed by atoms with E-state index < -0.39 is 0 Å². The maximum Gasteiger partial charge on any atom is 0.191 e. The zero-order valence-electron chi connectivity index (χ0n) is 14.7. The molecule has 2 N–H and O–H groups in total. The first-order valence-electron chi connectivity index (χ1n) is 9.23. The molecule has 0 bridgehead atoms. The molecule has 0 aromatic carbocycles. The summed E-state index contributed by atoms with van der Waals surface area (Å²) in [6, 6.07) is 0.625. The van der Waals surface area contributed by atoms with Crippen LogP contribution in [-0.4, -0.2) is 62.8 Å². The van der Waals surface area contributed by atoms with Gasteiger partial charge in [0.25, 0.3) is 0 Å². The zero-order valence-corrected chi connectivity index (χ0v) is 17.0. The summed E-state index contributed by atoms with van der Waals surface area (Å²) < 4.78 is 5.38. The number of hydrogen-bond donors (Lipinski definition) is 2. The van der Waals surface area contributed by atoms with Gasteiger partial charge in [-0.25, -0.2) is 0 Å². The molecule has 1 saturated carbocycles. The Kier molecular flexibility index (Phi) is 12.1. The highest BCUT2D eigenvalue weighted by Crippen LogP contribution is 2.17. The molecule has 0 unspecified atom stereocenters. The first kappa shape index (κ1) is 21.0. The third kappa shape index (κ3) is 9.10. The number of aliphatic imine (C=N–C) groups is 1. The topological polar surface area (TPSA) is 48.9 Å². The molecule has 0 spiro atoms. The predicted molar refractivity (Wildman–Crippen MR) is 108 cm³/mol. The number of guanidine groups is 1. The van der Waals surface area contributed by atoms with E-state index in [4.69, 9.17) is 9.73 Å². The molecule has 6 heteroatoms. The van der Waals surface area contributed by atoms with Gasteiger partial charge in [-0.3, -0.25) is 9.89 Å². The minimum absolute atomic E-state index is 0. The van der Waals surface area contributed by atoms with Crippen molar-refractivity contribution < 1.29 is 4.74 Å². The number of nitrogens with one attached hydrogen (secondary N) is 2. The van der Waals surface area contributed by atoms with Gasteiger partial charge >= 0.3 is 0 Å². The Bertz CT molecular complexity index is 316. The average molecular weight is 438 g/mol. The number of ether oxygens (including phenoxy) is 1. The lowest BCUT2D eigenvalue weighted by Crippen LogP contribution is -2.44. The molecule has 136 valence electrons. The van der Waals surface area contributed by atoms with Crippen LogP contribution < -0.4 is 10.6 Å². The summed E-state index contributed by atoms with van der Waals surface area (Å²) in [7, 11) is 0. The fourth-order valence-electron chi connectivity index (χ4n) is 3.22. The first-order valence-corrected chi connectivity index (χ1v) is 9.23. The lowest BCUT2D eigenvalue weighted by molar-refractivity contribution is 0.0373. The molecule has 0 radical (unpaired) electrons. The Morgan fingerprint density at radius 3 is 2.57 bits per heavy atom. The Morgan fingerprint density at radius 2 is 1.87 bits per heavy atom. The van der Waals surface area contributed by atoms with E-state index >= 15 is 0 Å². The lowest BCUT2D eigenvalue weighted by Gasteiger charge is -2.26. The van der Waals surface area contributed by atoms with Crippen LogP contribution in [-0.2, 0) is 4.74 Å². The average Bonchev–Trinajstić information content (AvgIpc) is 2.56. The fourth-order valence-corrected chi connectivity index (χ4v) is 3.22. The van der Waals surface area contributed by atoms with Gasteiger partial charge in [-0.1, -0.05) is 19.3 Å². The van der Waals surface area contributed by atoms with E-state index in [2.05, 4.69) is 22.5 Å². The lowest BCUT2D eigenvalue weighted by atomic mass is 9.96. The van der Waals surface area contributed by atoms with Gasteiger partial charge in [0.15, 0.2) is 5.96 Å². The molecule has 2 aliphatic rings. The smallest absolute Gasteiger partial charge is 0.191 e. The van der Waals surface area contributed by atoms with Gasteiger partial charge in [-0.05, 0) is 39.2 Å². The number of nitrogens with zero attached hydrogens (tertiary/aromatic N) is 2. The standard InChI is InChI=1S/C17H34N4O.HI/c1-2-18-17(20-16-8-4-3-5-9-16)19-10-6-7-11-21-12-14-22-15-13-21;/h16H,2-15H2,1H3,(H2,18,19,20);1H. The SMILES string of the molecule is CCNC(=NCCCCN1CCOCC1)NC1CCCCC1.I. The largest absolute Gasteiger partial charge is 0.379 e. The van der Waals surface area contributed by atoms with Gasteiger partial charge in [0.2, 0.25) is 0 Å². The molecule has 0 aromatic heterocycles. The van der Waals surface area contributed by atoms with E-state index in [0.717, 1.165) is 45.4 Å².